The third-order valence-corrected chi connectivity index (χ3v) is 4.86. The van der Waals surface area contributed by atoms with Gasteiger partial charge in [0.2, 0.25) is 5.95 Å². The first-order valence-electron chi connectivity index (χ1n) is 10.3. The highest BCUT2D eigenvalue weighted by molar-refractivity contribution is 5.82. The van der Waals surface area contributed by atoms with Crippen molar-refractivity contribution < 1.29 is 9.47 Å². The van der Waals surface area contributed by atoms with Crippen molar-refractivity contribution in [2.24, 2.45) is 0 Å². The Labute approximate surface area is 185 Å². The Morgan fingerprint density at radius 3 is 2.75 bits per heavy atom. The highest BCUT2D eigenvalue weighted by atomic mass is 16.6. The van der Waals surface area contributed by atoms with Crippen LogP contribution in [0, 0.1) is 0 Å². The fraction of sp³-hybridized carbons (Fsp3) is 0.217. The SMILES string of the molecule is CN(C)CC1COc2cc(Nc3nccc(Nc4cnc5ccccc5c4)n3)cnc2O1. The van der Waals surface area contributed by atoms with Crippen molar-refractivity contribution >= 4 is 34.0 Å². The van der Waals surface area contributed by atoms with Crippen LogP contribution in [0.2, 0.25) is 0 Å². The summed E-state index contributed by atoms with van der Waals surface area (Å²) in [6.07, 6.45) is 5.10. The van der Waals surface area contributed by atoms with E-state index in [-0.39, 0.29) is 6.10 Å². The molecular formula is C23H23N7O2. The van der Waals surface area contributed by atoms with E-state index in [4.69, 9.17) is 9.47 Å². The van der Waals surface area contributed by atoms with E-state index >= 15 is 0 Å². The summed E-state index contributed by atoms with van der Waals surface area (Å²) in [6.45, 7) is 1.24. The van der Waals surface area contributed by atoms with E-state index < -0.39 is 0 Å². The van der Waals surface area contributed by atoms with Crippen molar-refractivity contribution in [3.05, 3.63) is 61.1 Å². The summed E-state index contributed by atoms with van der Waals surface area (Å²) in [6, 6.07) is 13.6. The molecule has 0 amide bonds. The smallest absolute Gasteiger partial charge is 0.257 e. The highest BCUT2D eigenvalue weighted by Crippen LogP contribution is 2.32. The minimum absolute atomic E-state index is 0.0421. The molecular weight excluding hydrogens is 406 g/mol. The van der Waals surface area contributed by atoms with E-state index in [0.717, 1.165) is 23.1 Å². The molecule has 0 saturated carbocycles. The van der Waals surface area contributed by atoms with E-state index in [1.165, 1.54) is 0 Å². The third kappa shape index (κ3) is 4.52. The van der Waals surface area contributed by atoms with Crippen LogP contribution in [-0.4, -0.2) is 58.2 Å². The van der Waals surface area contributed by atoms with Gasteiger partial charge in [-0.25, -0.2) is 9.97 Å². The highest BCUT2D eigenvalue weighted by Gasteiger charge is 2.23. The van der Waals surface area contributed by atoms with Gasteiger partial charge < -0.3 is 25.0 Å². The van der Waals surface area contributed by atoms with E-state index in [2.05, 4.69) is 35.5 Å². The number of anilines is 4. The fourth-order valence-electron chi connectivity index (χ4n) is 3.47. The lowest BCUT2D eigenvalue weighted by Crippen LogP contribution is -2.38. The van der Waals surface area contributed by atoms with E-state index in [1.807, 2.05) is 50.5 Å². The van der Waals surface area contributed by atoms with Gasteiger partial charge in [0.15, 0.2) is 5.75 Å². The maximum absolute atomic E-state index is 5.91. The number of para-hydroxylation sites is 1. The zero-order chi connectivity index (χ0) is 21.9. The molecule has 1 unspecified atom stereocenters. The molecule has 0 radical (unpaired) electrons. The van der Waals surface area contributed by atoms with Gasteiger partial charge in [-0.3, -0.25) is 4.98 Å². The Hall–Kier alpha value is -3.98. The standard InChI is InChI=1S/C23H23N7O2/c1-30(2)13-18-14-31-20-10-17(12-26-22(20)32-18)28-23-24-8-7-21(29-23)27-16-9-15-5-3-4-6-19(15)25-11-16/h3-12,18H,13-14H2,1-2H3,(H2,24,27,28,29). The van der Waals surface area contributed by atoms with Crippen LogP contribution in [-0.2, 0) is 0 Å². The number of likely N-dealkylation sites (N-methyl/N-ethyl adjacent to an activating group) is 1. The molecule has 4 aromatic rings. The van der Waals surface area contributed by atoms with Crippen molar-refractivity contribution in [3.8, 4) is 11.6 Å². The summed E-state index contributed by atoms with van der Waals surface area (Å²) >= 11 is 0. The lowest BCUT2D eigenvalue weighted by Gasteiger charge is -2.27. The molecule has 3 aromatic heterocycles. The van der Waals surface area contributed by atoms with Crippen LogP contribution in [0.25, 0.3) is 10.9 Å². The number of nitrogens with one attached hydrogen (secondary N) is 2. The predicted molar refractivity (Wildman–Crippen MR) is 123 cm³/mol. The van der Waals surface area contributed by atoms with Crippen LogP contribution in [0.5, 0.6) is 11.6 Å². The molecule has 1 aliphatic rings. The van der Waals surface area contributed by atoms with Crippen LogP contribution in [0.15, 0.2) is 61.1 Å². The second-order valence-electron chi connectivity index (χ2n) is 7.77. The Morgan fingerprint density at radius 2 is 1.84 bits per heavy atom. The molecule has 32 heavy (non-hydrogen) atoms. The maximum atomic E-state index is 5.91. The number of aromatic nitrogens is 4. The summed E-state index contributed by atoms with van der Waals surface area (Å²) in [5, 5.41) is 7.50. The van der Waals surface area contributed by atoms with Gasteiger partial charge in [-0.15, -0.1) is 0 Å². The molecule has 9 heteroatoms. The van der Waals surface area contributed by atoms with Gasteiger partial charge >= 0.3 is 0 Å². The van der Waals surface area contributed by atoms with Crippen LogP contribution in [0.3, 0.4) is 0 Å². The van der Waals surface area contributed by atoms with Gasteiger partial charge in [0, 0.05) is 24.2 Å². The fourth-order valence-corrected chi connectivity index (χ4v) is 3.47. The number of hydrogen-bond donors (Lipinski definition) is 2. The number of benzene rings is 1. The van der Waals surface area contributed by atoms with Crippen molar-refractivity contribution in [2.75, 3.05) is 37.9 Å². The predicted octanol–water partition coefficient (Wildman–Crippen LogP) is 3.61. The molecule has 0 saturated heterocycles. The number of pyridine rings is 2. The molecule has 1 aromatic carbocycles. The third-order valence-electron chi connectivity index (χ3n) is 4.86. The lowest BCUT2D eigenvalue weighted by atomic mass is 10.2. The number of nitrogens with zero attached hydrogens (tertiary/aromatic N) is 5. The molecule has 5 rings (SSSR count). The number of hydrogen-bond acceptors (Lipinski definition) is 9. The van der Waals surface area contributed by atoms with Crippen LogP contribution in [0.4, 0.5) is 23.1 Å². The zero-order valence-electron chi connectivity index (χ0n) is 17.8. The Kier molecular flexibility index (Phi) is 5.39. The Morgan fingerprint density at radius 1 is 1.00 bits per heavy atom. The average molecular weight is 429 g/mol. The van der Waals surface area contributed by atoms with Gasteiger partial charge in [-0.1, -0.05) is 18.2 Å². The van der Waals surface area contributed by atoms with Crippen molar-refractivity contribution in [2.45, 2.75) is 6.10 Å². The van der Waals surface area contributed by atoms with Gasteiger partial charge in [0.25, 0.3) is 5.88 Å². The van der Waals surface area contributed by atoms with E-state index in [1.54, 1.807) is 24.7 Å². The summed E-state index contributed by atoms with van der Waals surface area (Å²) < 4.78 is 11.8. The first kappa shape index (κ1) is 20.0. The van der Waals surface area contributed by atoms with Gasteiger partial charge in [0.05, 0.1) is 29.3 Å². The zero-order valence-corrected chi connectivity index (χ0v) is 17.8. The van der Waals surface area contributed by atoms with Crippen molar-refractivity contribution in [1.29, 1.82) is 0 Å². The van der Waals surface area contributed by atoms with Gasteiger partial charge in [-0.05, 0) is 32.3 Å². The minimum Gasteiger partial charge on any atom is -0.484 e. The largest absolute Gasteiger partial charge is 0.484 e. The second kappa shape index (κ2) is 8.64. The lowest BCUT2D eigenvalue weighted by molar-refractivity contribution is 0.0658. The summed E-state index contributed by atoms with van der Waals surface area (Å²) in [7, 11) is 4.00. The Balaban J connectivity index is 1.29. The Bertz CT molecular complexity index is 1250. The molecule has 0 bridgehead atoms. The average Bonchev–Trinajstić information content (AvgIpc) is 2.79. The molecule has 1 atom stereocenters. The second-order valence-corrected chi connectivity index (χ2v) is 7.77. The first-order chi connectivity index (χ1) is 15.6. The summed E-state index contributed by atoms with van der Waals surface area (Å²) in [4.78, 5) is 19.7. The molecule has 162 valence electrons. The minimum atomic E-state index is -0.0421. The van der Waals surface area contributed by atoms with E-state index in [9.17, 15) is 0 Å². The maximum Gasteiger partial charge on any atom is 0.257 e. The number of ether oxygens (including phenoxy) is 2. The molecule has 2 N–H and O–H groups in total. The quantitative estimate of drug-likeness (QED) is 0.476. The monoisotopic (exact) mass is 429 g/mol. The van der Waals surface area contributed by atoms with E-state index in [0.29, 0.717) is 35.7 Å². The van der Waals surface area contributed by atoms with Crippen molar-refractivity contribution in [1.82, 2.24) is 24.8 Å². The van der Waals surface area contributed by atoms with Crippen molar-refractivity contribution in [3.63, 3.8) is 0 Å². The summed E-state index contributed by atoms with van der Waals surface area (Å²) in [5.74, 6) is 2.18. The van der Waals surface area contributed by atoms with Crippen LogP contribution >= 0.6 is 0 Å². The molecule has 0 spiro atoms. The first-order valence-corrected chi connectivity index (χ1v) is 10.3. The molecule has 0 fully saturated rings. The van der Waals surface area contributed by atoms with Crippen LogP contribution in [0.1, 0.15) is 0 Å². The normalized spacial score (nSPS) is 15.0. The topological polar surface area (TPSA) is 97.3 Å². The van der Waals surface area contributed by atoms with Crippen LogP contribution < -0.4 is 20.1 Å². The number of rotatable bonds is 6. The number of fused-ring (bicyclic) bond motifs is 2. The summed E-state index contributed by atoms with van der Waals surface area (Å²) in [5.41, 5.74) is 2.51. The molecule has 9 nitrogen and oxygen atoms in total. The van der Waals surface area contributed by atoms with Gasteiger partial charge in [-0.2, -0.15) is 4.98 Å². The van der Waals surface area contributed by atoms with Gasteiger partial charge in [0.1, 0.15) is 18.5 Å². The molecule has 1 aliphatic heterocycles. The molecule has 4 heterocycles. The molecule has 0 aliphatic carbocycles.